The zero-order valence-electron chi connectivity index (χ0n) is 15.2. The molecule has 3 aromatic rings. The van der Waals surface area contributed by atoms with Crippen LogP contribution in [0.3, 0.4) is 0 Å². The summed E-state index contributed by atoms with van der Waals surface area (Å²) in [4.78, 5) is 35.4. The highest BCUT2D eigenvalue weighted by Crippen LogP contribution is 2.29. The quantitative estimate of drug-likeness (QED) is 0.667. The number of pyridine rings is 1. The highest BCUT2D eigenvalue weighted by molar-refractivity contribution is 7.14. The fraction of sp³-hybridized carbons (Fsp3) is 0.238. The summed E-state index contributed by atoms with van der Waals surface area (Å²) >= 11 is 1.33. The minimum absolute atomic E-state index is 0.0607. The number of carbonyl (C=O) groups is 2. The number of benzene rings is 1. The number of nitrogens with zero attached hydrogens (tertiary/aromatic N) is 3. The van der Waals surface area contributed by atoms with Crippen molar-refractivity contribution < 1.29 is 9.59 Å². The molecule has 0 saturated heterocycles. The minimum atomic E-state index is -0.204. The molecule has 0 radical (unpaired) electrons. The van der Waals surface area contributed by atoms with Crippen LogP contribution in [0.5, 0.6) is 0 Å². The standard InChI is InChI=1S/C21H20N4O2S/c26-19(25(18-6-7-18)13-15-8-10-22-11-9-15)12-17-14-28-21(23-17)24-20(27)16-4-2-1-3-5-16/h1-5,8-11,14,18H,6-7,12-13H2,(H,23,24,27). The Morgan fingerprint density at radius 1 is 1.11 bits per heavy atom. The van der Waals surface area contributed by atoms with E-state index in [1.165, 1.54) is 11.3 Å². The Morgan fingerprint density at radius 2 is 1.86 bits per heavy atom. The lowest BCUT2D eigenvalue weighted by Crippen LogP contribution is -2.33. The van der Waals surface area contributed by atoms with E-state index in [2.05, 4.69) is 15.3 Å². The van der Waals surface area contributed by atoms with Gasteiger partial charge in [0.05, 0.1) is 12.1 Å². The normalized spacial score (nSPS) is 13.1. The SMILES string of the molecule is O=C(Nc1nc(CC(=O)N(Cc2ccncc2)C2CC2)cs1)c1ccccc1. The van der Waals surface area contributed by atoms with Crippen molar-refractivity contribution in [1.29, 1.82) is 0 Å². The molecule has 0 spiro atoms. The molecule has 4 rings (SSSR count). The fourth-order valence-electron chi connectivity index (χ4n) is 2.95. The number of carbonyl (C=O) groups excluding carboxylic acids is 2. The summed E-state index contributed by atoms with van der Waals surface area (Å²) in [5.41, 5.74) is 2.33. The molecule has 0 bridgehead atoms. The number of nitrogens with one attached hydrogen (secondary N) is 1. The Kier molecular flexibility index (Phi) is 5.43. The molecule has 1 N–H and O–H groups in total. The minimum Gasteiger partial charge on any atom is -0.335 e. The average molecular weight is 392 g/mol. The van der Waals surface area contributed by atoms with Crippen molar-refractivity contribution in [3.05, 3.63) is 77.1 Å². The van der Waals surface area contributed by atoms with Gasteiger partial charge in [0.15, 0.2) is 5.13 Å². The van der Waals surface area contributed by atoms with Gasteiger partial charge in [0, 0.05) is 35.9 Å². The molecule has 0 atom stereocenters. The average Bonchev–Trinajstić information content (AvgIpc) is 3.48. The van der Waals surface area contributed by atoms with Crippen LogP contribution in [0.15, 0.2) is 60.2 Å². The maximum atomic E-state index is 12.8. The lowest BCUT2D eigenvalue weighted by Gasteiger charge is -2.22. The largest absolute Gasteiger partial charge is 0.335 e. The van der Waals surface area contributed by atoms with Gasteiger partial charge in [0.2, 0.25) is 5.91 Å². The van der Waals surface area contributed by atoms with E-state index in [1.807, 2.05) is 40.6 Å². The molecule has 2 heterocycles. The van der Waals surface area contributed by atoms with Crippen molar-refractivity contribution in [3.63, 3.8) is 0 Å². The van der Waals surface area contributed by atoms with Gasteiger partial charge in [-0.25, -0.2) is 4.98 Å². The van der Waals surface area contributed by atoms with Gasteiger partial charge >= 0.3 is 0 Å². The molecule has 0 unspecified atom stereocenters. The Balaban J connectivity index is 1.38. The van der Waals surface area contributed by atoms with Crippen molar-refractivity contribution in [2.75, 3.05) is 5.32 Å². The predicted molar refractivity (Wildman–Crippen MR) is 108 cm³/mol. The van der Waals surface area contributed by atoms with E-state index in [9.17, 15) is 9.59 Å². The molecule has 0 aliphatic heterocycles. The summed E-state index contributed by atoms with van der Waals surface area (Å²) in [6, 6.07) is 13.2. The number of rotatable bonds is 7. The first-order chi connectivity index (χ1) is 13.7. The molecule has 28 heavy (non-hydrogen) atoms. The molecular formula is C21H20N4O2S. The van der Waals surface area contributed by atoms with E-state index in [-0.39, 0.29) is 18.2 Å². The van der Waals surface area contributed by atoms with Gasteiger partial charge in [-0.3, -0.25) is 19.9 Å². The maximum absolute atomic E-state index is 12.8. The topological polar surface area (TPSA) is 75.2 Å². The Morgan fingerprint density at radius 3 is 2.57 bits per heavy atom. The molecule has 1 fully saturated rings. The van der Waals surface area contributed by atoms with Gasteiger partial charge in [-0.2, -0.15) is 0 Å². The Labute approximate surface area is 167 Å². The molecule has 2 amide bonds. The molecule has 6 nitrogen and oxygen atoms in total. The van der Waals surface area contributed by atoms with Gasteiger partial charge in [-0.1, -0.05) is 18.2 Å². The third-order valence-corrected chi connectivity index (χ3v) is 5.36. The van der Waals surface area contributed by atoms with Crippen molar-refractivity contribution in [2.24, 2.45) is 0 Å². The molecular weight excluding hydrogens is 372 g/mol. The number of anilines is 1. The van der Waals surface area contributed by atoms with Crippen LogP contribution in [0.25, 0.3) is 0 Å². The summed E-state index contributed by atoms with van der Waals surface area (Å²) in [5.74, 6) is -0.143. The van der Waals surface area contributed by atoms with Crippen LogP contribution >= 0.6 is 11.3 Å². The van der Waals surface area contributed by atoms with Crippen molar-refractivity contribution >= 4 is 28.3 Å². The number of hydrogen-bond acceptors (Lipinski definition) is 5. The fourth-order valence-corrected chi connectivity index (χ4v) is 3.66. The van der Waals surface area contributed by atoms with Crippen molar-refractivity contribution in [2.45, 2.75) is 31.8 Å². The third-order valence-electron chi connectivity index (χ3n) is 4.55. The van der Waals surface area contributed by atoms with E-state index in [0.717, 1.165) is 18.4 Å². The molecule has 1 aromatic carbocycles. The van der Waals surface area contributed by atoms with Crippen LogP contribution in [0.1, 0.15) is 34.5 Å². The van der Waals surface area contributed by atoms with Crippen LogP contribution < -0.4 is 5.32 Å². The van der Waals surface area contributed by atoms with Crippen LogP contribution in [0.4, 0.5) is 5.13 Å². The second kappa shape index (κ2) is 8.31. The molecule has 2 aromatic heterocycles. The molecule has 1 saturated carbocycles. The second-order valence-electron chi connectivity index (χ2n) is 6.75. The second-order valence-corrected chi connectivity index (χ2v) is 7.61. The van der Waals surface area contributed by atoms with E-state index >= 15 is 0 Å². The lowest BCUT2D eigenvalue weighted by atomic mass is 10.2. The number of aromatic nitrogens is 2. The summed E-state index contributed by atoms with van der Waals surface area (Å²) in [6.07, 6.45) is 5.82. The number of hydrogen-bond donors (Lipinski definition) is 1. The van der Waals surface area contributed by atoms with Crippen LogP contribution in [0.2, 0.25) is 0 Å². The monoisotopic (exact) mass is 392 g/mol. The molecule has 7 heteroatoms. The smallest absolute Gasteiger partial charge is 0.257 e. The molecule has 1 aliphatic rings. The number of thiazole rings is 1. The Bertz CT molecular complexity index is 955. The number of amides is 2. The van der Waals surface area contributed by atoms with Crippen LogP contribution in [-0.4, -0.2) is 32.7 Å². The lowest BCUT2D eigenvalue weighted by molar-refractivity contribution is -0.131. The van der Waals surface area contributed by atoms with Gasteiger partial charge < -0.3 is 4.90 Å². The summed E-state index contributed by atoms with van der Waals surface area (Å²) in [6.45, 7) is 0.591. The van der Waals surface area contributed by atoms with E-state index < -0.39 is 0 Å². The van der Waals surface area contributed by atoms with E-state index in [1.54, 1.807) is 24.5 Å². The van der Waals surface area contributed by atoms with Crippen molar-refractivity contribution in [1.82, 2.24) is 14.9 Å². The highest BCUT2D eigenvalue weighted by Gasteiger charge is 2.32. The van der Waals surface area contributed by atoms with Crippen molar-refractivity contribution in [3.8, 4) is 0 Å². The Hall–Kier alpha value is -3.06. The molecule has 1 aliphatic carbocycles. The zero-order valence-corrected chi connectivity index (χ0v) is 16.1. The van der Waals surface area contributed by atoms with E-state index in [0.29, 0.717) is 29.0 Å². The summed E-state index contributed by atoms with van der Waals surface area (Å²) < 4.78 is 0. The van der Waals surface area contributed by atoms with E-state index in [4.69, 9.17) is 0 Å². The third kappa shape index (κ3) is 4.61. The first-order valence-electron chi connectivity index (χ1n) is 9.18. The van der Waals surface area contributed by atoms with Gasteiger partial charge in [0.1, 0.15) is 0 Å². The first-order valence-corrected chi connectivity index (χ1v) is 10.1. The zero-order chi connectivity index (χ0) is 19.3. The highest BCUT2D eigenvalue weighted by atomic mass is 32.1. The van der Waals surface area contributed by atoms with Gasteiger partial charge in [-0.15, -0.1) is 11.3 Å². The summed E-state index contributed by atoms with van der Waals surface area (Å²) in [7, 11) is 0. The van der Waals surface area contributed by atoms with Crippen LogP contribution in [0, 0.1) is 0 Å². The van der Waals surface area contributed by atoms with Crippen LogP contribution in [-0.2, 0) is 17.8 Å². The van der Waals surface area contributed by atoms with Gasteiger partial charge in [-0.05, 0) is 42.7 Å². The predicted octanol–water partition coefficient (Wildman–Crippen LogP) is 3.52. The first kappa shape index (κ1) is 18.3. The van der Waals surface area contributed by atoms with Gasteiger partial charge in [0.25, 0.3) is 5.91 Å². The summed E-state index contributed by atoms with van der Waals surface area (Å²) in [5, 5.41) is 5.13. The maximum Gasteiger partial charge on any atom is 0.257 e. The molecule has 142 valence electrons.